The lowest BCUT2D eigenvalue weighted by atomic mass is 10.2. The summed E-state index contributed by atoms with van der Waals surface area (Å²) >= 11 is 0. The van der Waals surface area contributed by atoms with Crippen LogP contribution in [-0.2, 0) is 14.8 Å². The van der Waals surface area contributed by atoms with Crippen LogP contribution in [0.25, 0.3) is 0 Å². The van der Waals surface area contributed by atoms with Crippen molar-refractivity contribution in [3.63, 3.8) is 0 Å². The minimum Gasteiger partial charge on any atom is -0.481 e. The van der Waals surface area contributed by atoms with Crippen LogP contribution in [0.4, 0.5) is 16.4 Å². The Morgan fingerprint density at radius 3 is 2.19 bits per heavy atom. The molecule has 0 fully saturated rings. The summed E-state index contributed by atoms with van der Waals surface area (Å²) in [4.78, 5) is 43.8. The molecule has 0 aliphatic heterocycles. The quantitative estimate of drug-likeness (QED) is 0.476. The van der Waals surface area contributed by atoms with Gasteiger partial charge in [-0.15, -0.1) is 0 Å². The predicted octanol–water partition coefficient (Wildman–Crippen LogP) is 0.274. The highest BCUT2D eigenvalue weighted by Crippen LogP contribution is 2.22. The Morgan fingerprint density at radius 2 is 1.68 bits per heavy atom. The van der Waals surface area contributed by atoms with Gasteiger partial charge in [-0.25, -0.2) is 17.9 Å². The molecule has 0 aliphatic carbocycles. The average molecular weight is 452 g/mol. The van der Waals surface area contributed by atoms with Gasteiger partial charge in [-0.1, -0.05) is 0 Å². The van der Waals surface area contributed by atoms with Crippen molar-refractivity contribution in [3.8, 4) is 11.8 Å². The monoisotopic (exact) mass is 452 g/mol. The van der Waals surface area contributed by atoms with E-state index in [2.05, 4.69) is 20.6 Å². The van der Waals surface area contributed by atoms with Gasteiger partial charge in [0, 0.05) is 19.8 Å². The highest BCUT2D eigenvalue weighted by atomic mass is 32.2. The predicted molar refractivity (Wildman–Crippen MR) is 109 cm³/mol. The molecule has 4 amide bonds. The number of ether oxygens (including phenoxy) is 2. The van der Waals surface area contributed by atoms with E-state index in [1.54, 1.807) is 4.72 Å². The van der Waals surface area contributed by atoms with Crippen LogP contribution < -0.4 is 24.8 Å². The van der Waals surface area contributed by atoms with Gasteiger partial charge >= 0.3 is 6.03 Å². The summed E-state index contributed by atoms with van der Waals surface area (Å²) in [5.41, 5.74) is -0.104. The number of urea groups is 1. The van der Waals surface area contributed by atoms with Crippen LogP contribution in [0.15, 0.2) is 29.2 Å². The van der Waals surface area contributed by atoms with Gasteiger partial charge in [0.25, 0.3) is 15.9 Å². The Balaban J connectivity index is 2.36. The number of rotatable bonds is 8. The maximum Gasteiger partial charge on any atom is 0.335 e. The zero-order chi connectivity index (χ0) is 23.2. The Labute approximate surface area is 177 Å². The molecule has 0 aliphatic rings. The first-order valence-corrected chi connectivity index (χ1v) is 9.96. The molecular weight excluding hydrogens is 432 g/mol. The largest absolute Gasteiger partial charge is 0.481 e. The van der Waals surface area contributed by atoms with Crippen LogP contribution >= 0.6 is 0 Å². The lowest BCUT2D eigenvalue weighted by molar-refractivity contribution is -0.105. The molecule has 3 N–H and O–H groups in total. The molecule has 13 nitrogen and oxygen atoms in total. The fraction of sp³-hybridized carbons (Fsp3) is 0.235. The summed E-state index contributed by atoms with van der Waals surface area (Å²) in [6.07, 6.45) is 0.340. The van der Waals surface area contributed by atoms with Crippen LogP contribution in [0.3, 0.4) is 0 Å². The molecule has 2 rings (SSSR count). The number of hydrogen-bond donors (Lipinski definition) is 3. The van der Waals surface area contributed by atoms with Gasteiger partial charge in [0.15, 0.2) is 0 Å². The van der Waals surface area contributed by atoms with Crippen molar-refractivity contribution in [1.29, 1.82) is 0 Å². The van der Waals surface area contributed by atoms with Crippen LogP contribution in [-0.4, -0.2) is 69.9 Å². The smallest absolute Gasteiger partial charge is 0.335 e. The molecule has 0 unspecified atom stereocenters. The van der Waals surface area contributed by atoms with Crippen LogP contribution in [0.1, 0.15) is 10.4 Å². The standard InChI is InChI=1S/C17H20N6O7S/c1-23(2)15(25)11-6-5-10(18-9-24)7-12(11)31(27,28)22-17(26)21-16-19-13(29-3)8-14(20-16)30-4/h5-9H,1-4H3,(H,18,24)(H2,19,20,21,22,26). The molecule has 0 spiro atoms. The van der Waals surface area contributed by atoms with Crippen molar-refractivity contribution in [1.82, 2.24) is 19.6 Å². The van der Waals surface area contributed by atoms with E-state index in [9.17, 15) is 22.8 Å². The normalized spacial score (nSPS) is 10.6. The van der Waals surface area contributed by atoms with Gasteiger partial charge < -0.3 is 19.7 Å². The van der Waals surface area contributed by atoms with E-state index in [1.807, 2.05) is 0 Å². The van der Waals surface area contributed by atoms with Crippen molar-refractivity contribution >= 4 is 40.0 Å². The van der Waals surface area contributed by atoms with Gasteiger partial charge in [0.1, 0.15) is 4.90 Å². The summed E-state index contributed by atoms with van der Waals surface area (Å²) in [5, 5.41) is 4.44. The molecule has 1 aromatic heterocycles. The molecule has 0 saturated carbocycles. The van der Waals surface area contributed by atoms with Gasteiger partial charge in [-0.05, 0) is 18.2 Å². The lowest BCUT2D eigenvalue weighted by Gasteiger charge is -2.16. The Bertz CT molecular complexity index is 1080. The van der Waals surface area contributed by atoms with Crippen molar-refractivity contribution in [2.45, 2.75) is 4.90 Å². The topological polar surface area (TPSA) is 169 Å². The molecule has 166 valence electrons. The molecule has 0 saturated heterocycles. The number of carbonyl (C=O) groups excluding carboxylic acids is 3. The first-order valence-electron chi connectivity index (χ1n) is 8.48. The van der Waals surface area contributed by atoms with E-state index >= 15 is 0 Å². The molecule has 14 heteroatoms. The minimum absolute atomic E-state index is 0.0662. The number of amides is 4. The maximum absolute atomic E-state index is 12.8. The minimum atomic E-state index is -4.54. The summed E-state index contributed by atoms with van der Waals surface area (Å²) in [7, 11) is 0.991. The Hall–Kier alpha value is -3.94. The molecular formula is C17H20N6O7S. The molecule has 1 aromatic carbocycles. The number of aromatic nitrogens is 2. The lowest BCUT2D eigenvalue weighted by Crippen LogP contribution is -2.36. The van der Waals surface area contributed by atoms with E-state index in [0.29, 0.717) is 6.41 Å². The fourth-order valence-electron chi connectivity index (χ4n) is 2.29. The number of hydrogen-bond acceptors (Lipinski definition) is 9. The van der Waals surface area contributed by atoms with Gasteiger partial charge in [-0.3, -0.25) is 14.9 Å². The summed E-state index contributed by atoms with van der Waals surface area (Å²) in [5.74, 6) is -0.780. The van der Waals surface area contributed by atoms with Crippen LogP contribution in [0, 0.1) is 0 Å². The molecule has 0 radical (unpaired) electrons. The summed E-state index contributed by atoms with van der Waals surface area (Å²) in [6.45, 7) is 0. The van der Waals surface area contributed by atoms with E-state index in [1.165, 1.54) is 46.5 Å². The van der Waals surface area contributed by atoms with Crippen molar-refractivity contribution in [2.24, 2.45) is 0 Å². The molecule has 1 heterocycles. The van der Waals surface area contributed by atoms with Gasteiger partial charge in [0.05, 0.1) is 25.8 Å². The number of anilines is 2. The highest BCUT2D eigenvalue weighted by Gasteiger charge is 2.26. The molecule has 0 bridgehead atoms. The third kappa shape index (κ3) is 5.79. The number of methoxy groups -OCH3 is 2. The van der Waals surface area contributed by atoms with Crippen molar-refractivity contribution in [3.05, 3.63) is 29.8 Å². The second-order valence-corrected chi connectivity index (χ2v) is 7.66. The fourth-order valence-corrected chi connectivity index (χ4v) is 3.43. The average Bonchev–Trinajstić information content (AvgIpc) is 2.72. The second kappa shape index (κ2) is 9.71. The van der Waals surface area contributed by atoms with Crippen LogP contribution in [0.5, 0.6) is 11.8 Å². The number of benzene rings is 1. The Kier molecular flexibility index (Phi) is 7.31. The summed E-state index contributed by atoms with van der Waals surface area (Å²) < 4.78 is 37.3. The van der Waals surface area contributed by atoms with Crippen molar-refractivity contribution in [2.75, 3.05) is 38.9 Å². The molecule has 31 heavy (non-hydrogen) atoms. The first kappa shape index (κ1) is 23.3. The van der Waals surface area contributed by atoms with E-state index in [-0.39, 0.29) is 29.0 Å². The van der Waals surface area contributed by atoms with Gasteiger partial charge in [0.2, 0.25) is 24.1 Å². The SMILES string of the molecule is COc1cc(OC)nc(NC(=O)NS(=O)(=O)c2cc(NC=O)ccc2C(=O)N(C)C)n1. The number of nitrogens with one attached hydrogen (secondary N) is 3. The van der Waals surface area contributed by atoms with E-state index in [4.69, 9.17) is 9.47 Å². The first-order chi connectivity index (χ1) is 14.6. The third-order valence-electron chi connectivity index (χ3n) is 3.68. The molecule has 0 atom stereocenters. The maximum atomic E-state index is 12.8. The number of sulfonamides is 1. The third-order valence-corrected chi connectivity index (χ3v) is 5.05. The van der Waals surface area contributed by atoms with E-state index in [0.717, 1.165) is 11.0 Å². The van der Waals surface area contributed by atoms with Crippen molar-refractivity contribution < 1.29 is 32.3 Å². The second-order valence-electron chi connectivity index (χ2n) is 6.01. The van der Waals surface area contributed by atoms with Crippen LogP contribution in [0.2, 0.25) is 0 Å². The number of carbonyl (C=O) groups is 3. The van der Waals surface area contributed by atoms with E-state index < -0.39 is 26.9 Å². The van der Waals surface area contributed by atoms with Gasteiger partial charge in [-0.2, -0.15) is 9.97 Å². The number of nitrogens with zero attached hydrogens (tertiary/aromatic N) is 3. The highest BCUT2D eigenvalue weighted by molar-refractivity contribution is 7.90. The molecule has 2 aromatic rings. The zero-order valence-electron chi connectivity index (χ0n) is 17.0. The summed E-state index contributed by atoms with van der Waals surface area (Å²) in [6, 6.07) is 3.76. The Morgan fingerprint density at radius 1 is 1.06 bits per heavy atom. The zero-order valence-corrected chi connectivity index (χ0v) is 17.8.